The van der Waals surface area contributed by atoms with E-state index >= 15 is 0 Å². The molecule has 2 N–H and O–H groups in total. The maximum atomic E-state index is 5.52. The van der Waals surface area contributed by atoms with Crippen LogP contribution in [0.3, 0.4) is 0 Å². The molecule has 0 saturated heterocycles. The zero-order valence-electron chi connectivity index (χ0n) is 7.84. The third-order valence-electron chi connectivity index (χ3n) is 3.15. The van der Waals surface area contributed by atoms with Crippen molar-refractivity contribution >= 4 is 0 Å². The van der Waals surface area contributed by atoms with E-state index in [1.165, 1.54) is 25.7 Å². The van der Waals surface area contributed by atoms with E-state index in [0.717, 1.165) is 24.3 Å². The Bertz CT molecular complexity index is 111. The first kappa shape index (κ1) is 9.05. The fourth-order valence-electron chi connectivity index (χ4n) is 2.22. The molecule has 1 fully saturated rings. The maximum Gasteiger partial charge on any atom is -0.00744 e. The summed E-state index contributed by atoms with van der Waals surface area (Å²) in [6, 6.07) is 0. The SMILES string of the molecule is CCCCC1C(C)C1CCN. The van der Waals surface area contributed by atoms with Crippen LogP contribution in [0.5, 0.6) is 0 Å². The number of unbranched alkanes of at least 4 members (excludes halogenated alkanes) is 1. The van der Waals surface area contributed by atoms with E-state index in [1.54, 1.807) is 0 Å². The first-order chi connectivity index (χ1) is 5.31. The van der Waals surface area contributed by atoms with Crippen molar-refractivity contribution in [2.45, 2.75) is 39.5 Å². The van der Waals surface area contributed by atoms with E-state index in [9.17, 15) is 0 Å². The molecule has 66 valence electrons. The minimum atomic E-state index is 0.887. The van der Waals surface area contributed by atoms with Gasteiger partial charge in [-0.1, -0.05) is 26.7 Å². The van der Waals surface area contributed by atoms with Crippen molar-refractivity contribution in [2.75, 3.05) is 6.54 Å². The lowest BCUT2D eigenvalue weighted by atomic mass is 10.1. The van der Waals surface area contributed by atoms with Gasteiger partial charge in [0.05, 0.1) is 0 Å². The normalized spacial score (nSPS) is 35.7. The summed E-state index contributed by atoms with van der Waals surface area (Å²) < 4.78 is 0. The van der Waals surface area contributed by atoms with Crippen molar-refractivity contribution in [1.82, 2.24) is 0 Å². The van der Waals surface area contributed by atoms with Gasteiger partial charge in [-0.05, 0) is 37.1 Å². The third kappa shape index (κ3) is 2.19. The summed E-state index contributed by atoms with van der Waals surface area (Å²) >= 11 is 0. The second-order valence-corrected chi connectivity index (χ2v) is 3.91. The lowest BCUT2D eigenvalue weighted by molar-refractivity contribution is 0.581. The van der Waals surface area contributed by atoms with Crippen LogP contribution in [0.2, 0.25) is 0 Å². The molecule has 0 aromatic rings. The van der Waals surface area contributed by atoms with Crippen LogP contribution in [-0.4, -0.2) is 6.54 Å². The van der Waals surface area contributed by atoms with E-state index in [2.05, 4.69) is 13.8 Å². The Labute approximate surface area is 70.4 Å². The van der Waals surface area contributed by atoms with Gasteiger partial charge >= 0.3 is 0 Å². The largest absolute Gasteiger partial charge is 0.330 e. The molecule has 1 aliphatic rings. The molecule has 1 rings (SSSR count). The van der Waals surface area contributed by atoms with Gasteiger partial charge in [0.25, 0.3) is 0 Å². The van der Waals surface area contributed by atoms with Crippen molar-refractivity contribution in [3.05, 3.63) is 0 Å². The van der Waals surface area contributed by atoms with Gasteiger partial charge in [-0.15, -0.1) is 0 Å². The third-order valence-corrected chi connectivity index (χ3v) is 3.15. The molecule has 0 amide bonds. The summed E-state index contributed by atoms with van der Waals surface area (Å²) in [4.78, 5) is 0. The fourth-order valence-corrected chi connectivity index (χ4v) is 2.22. The Morgan fingerprint density at radius 2 is 1.82 bits per heavy atom. The van der Waals surface area contributed by atoms with Crippen LogP contribution in [0.4, 0.5) is 0 Å². The zero-order valence-corrected chi connectivity index (χ0v) is 7.84. The average molecular weight is 155 g/mol. The first-order valence-electron chi connectivity index (χ1n) is 5.01. The van der Waals surface area contributed by atoms with Crippen LogP contribution in [-0.2, 0) is 0 Å². The van der Waals surface area contributed by atoms with E-state index in [4.69, 9.17) is 5.73 Å². The van der Waals surface area contributed by atoms with E-state index in [1.807, 2.05) is 0 Å². The molecule has 3 atom stereocenters. The first-order valence-corrected chi connectivity index (χ1v) is 5.01. The summed E-state index contributed by atoms with van der Waals surface area (Å²) in [7, 11) is 0. The van der Waals surface area contributed by atoms with Gasteiger partial charge in [0.2, 0.25) is 0 Å². The van der Waals surface area contributed by atoms with Crippen molar-refractivity contribution in [1.29, 1.82) is 0 Å². The number of rotatable bonds is 5. The topological polar surface area (TPSA) is 26.0 Å². The highest BCUT2D eigenvalue weighted by atomic mass is 14.6. The lowest BCUT2D eigenvalue weighted by Crippen LogP contribution is -2.00. The van der Waals surface area contributed by atoms with Crippen LogP contribution >= 0.6 is 0 Å². The van der Waals surface area contributed by atoms with Gasteiger partial charge in [-0.25, -0.2) is 0 Å². The second-order valence-electron chi connectivity index (χ2n) is 3.91. The summed E-state index contributed by atoms with van der Waals surface area (Å²) in [6.07, 6.45) is 5.46. The summed E-state index contributed by atoms with van der Waals surface area (Å²) in [5.41, 5.74) is 5.52. The van der Waals surface area contributed by atoms with Gasteiger partial charge in [0, 0.05) is 0 Å². The molecule has 11 heavy (non-hydrogen) atoms. The zero-order chi connectivity index (χ0) is 8.27. The Hall–Kier alpha value is -0.0400. The van der Waals surface area contributed by atoms with Crippen molar-refractivity contribution in [3.63, 3.8) is 0 Å². The molecular weight excluding hydrogens is 134 g/mol. The average Bonchev–Trinajstić information content (AvgIpc) is 2.59. The molecule has 3 unspecified atom stereocenters. The number of hydrogen-bond donors (Lipinski definition) is 1. The molecule has 1 heteroatoms. The Morgan fingerprint density at radius 3 is 2.36 bits per heavy atom. The van der Waals surface area contributed by atoms with E-state index < -0.39 is 0 Å². The van der Waals surface area contributed by atoms with Crippen LogP contribution in [0.1, 0.15) is 39.5 Å². The van der Waals surface area contributed by atoms with Crippen molar-refractivity contribution in [2.24, 2.45) is 23.5 Å². The lowest BCUT2D eigenvalue weighted by Gasteiger charge is -1.95. The predicted molar refractivity (Wildman–Crippen MR) is 49.3 cm³/mol. The molecule has 0 spiro atoms. The standard InChI is InChI=1S/C10H21N/c1-3-4-5-9-8(2)10(9)6-7-11/h8-10H,3-7,11H2,1-2H3. The molecule has 0 aliphatic heterocycles. The Balaban J connectivity index is 2.09. The Morgan fingerprint density at radius 1 is 1.18 bits per heavy atom. The second kappa shape index (κ2) is 4.10. The highest BCUT2D eigenvalue weighted by Gasteiger charge is 2.44. The van der Waals surface area contributed by atoms with Crippen LogP contribution in [0, 0.1) is 17.8 Å². The predicted octanol–water partition coefficient (Wildman–Crippen LogP) is 2.41. The maximum absolute atomic E-state index is 5.52. The van der Waals surface area contributed by atoms with Crippen LogP contribution < -0.4 is 5.73 Å². The molecular formula is C10H21N. The van der Waals surface area contributed by atoms with Gasteiger partial charge < -0.3 is 5.73 Å². The molecule has 0 radical (unpaired) electrons. The molecule has 1 aliphatic carbocycles. The summed E-state index contributed by atoms with van der Waals surface area (Å²) in [5, 5.41) is 0. The molecule has 0 heterocycles. The number of nitrogens with two attached hydrogens (primary N) is 1. The van der Waals surface area contributed by atoms with Gasteiger partial charge in [-0.2, -0.15) is 0 Å². The van der Waals surface area contributed by atoms with Crippen LogP contribution in [0.25, 0.3) is 0 Å². The summed E-state index contributed by atoms with van der Waals surface area (Å²) in [6.45, 7) is 5.53. The molecule has 0 bridgehead atoms. The molecule has 0 aromatic heterocycles. The Kier molecular flexibility index (Phi) is 3.38. The monoisotopic (exact) mass is 155 g/mol. The van der Waals surface area contributed by atoms with Gasteiger partial charge in [-0.3, -0.25) is 0 Å². The van der Waals surface area contributed by atoms with E-state index in [-0.39, 0.29) is 0 Å². The van der Waals surface area contributed by atoms with Crippen molar-refractivity contribution in [3.8, 4) is 0 Å². The fraction of sp³-hybridized carbons (Fsp3) is 1.00. The highest BCUT2D eigenvalue weighted by molar-refractivity contribution is 4.93. The van der Waals surface area contributed by atoms with E-state index in [0.29, 0.717) is 0 Å². The quantitative estimate of drug-likeness (QED) is 0.648. The van der Waals surface area contributed by atoms with Gasteiger partial charge in [0.1, 0.15) is 0 Å². The molecule has 1 nitrogen and oxygen atoms in total. The van der Waals surface area contributed by atoms with Crippen LogP contribution in [0.15, 0.2) is 0 Å². The van der Waals surface area contributed by atoms with Gasteiger partial charge in [0.15, 0.2) is 0 Å². The summed E-state index contributed by atoms with van der Waals surface area (Å²) in [5.74, 6) is 2.98. The smallest absolute Gasteiger partial charge is 0.00744 e. The highest BCUT2D eigenvalue weighted by Crippen LogP contribution is 2.50. The molecule has 1 saturated carbocycles. The minimum absolute atomic E-state index is 0.887. The number of hydrogen-bond acceptors (Lipinski definition) is 1. The minimum Gasteiger partial charge on any atom is -0.330 e. The molecule has 0 aromatic carbocycles. The van der Waals surface area contributed by atoms with Crippen molar-refractivity contribution < 1.29 is 0 Å².